The molecule has 0 rings (SSSR count). The summed E-state index contributed by atoms with van der Waals surface area (Å²) in [5.74, 6) is -0.117. The third-order valence-electron chi connectivity index (χ3n) is 1.93. The minimum absolute atomic E-state index is 0.0473. The van der Waals surface area contributed by atoms with Crippen LogP contribution in [0.25, 0.3) is 0 Å². The summed E-state index contributed by atoms with van der Waals surface area (Å²) in [7, 11) is -3.38. The summed E-state index contributed by atoms with van der Waals surface area (Å²) in [5.41, 5.74) is 4.29. The molecule has 0 saturated carbocycles. The molecule has 6 nitrogen and oxygen atoms in total. The quantitative estimate of drug-likeness (QED) is 0.266. The molecule has 0 aromatic heterocycles. The molecule has 90 valence electrons. The fourth-order valence-electron chi connectivity index (χ4n) is 0.951. The molecule has 0 spiro atoms. The van der Waals surface area contributed by atoms with Crippen molar-refractivity contribution in [1.29, 1.82) is 0 Å². The smallest absolute Gasteiger partial charge is 0.212 e. The molecule has 0 bridgehead atoms. The summed E-state index contributed by atoms with van der Waals surface area (Å²) in [6, 6.07) is 0. The minimum atomic E-state index is -3.38. The van der Waals surface area contributed by atoms with Crippen LogP contribution in [0.1, 0.15) is 33.6 Å². The number of nitrogens with zero attached hydrogens (tertiary/aromatic N) is 1. The highest BCUT2D eigenvalue weighted by Crippen LogP contribution is 2.06. The second kappa shape index (κ2) is 5.32. The second-order valence-electron chi connectivity index (χ2n) is 3.88. The van der Waals surface area contributed by atoms with Gasteiger partial charge in [0, 0.05) is 0 Å². The van der Waals surface area contributed by atoms with E-state index in [1.165, 1.54) is 13.8 Å². The highest BCUT2D eigenvalue weighted by Gasteiger charge is 2.28. The number of nitrogens with one attached hydrogen (secondary N) is 1. The lowest BCUT2D eigenvalue weighted by Gasteiger charge is -2.24. The van der Waals surface area contributed by atoms with E-state index in [4.69, 9.17) is 10.9 Å². The van der Waals surface area contributed by atoms with Gasteiger partial charge in [-0.2, -0.15) is 0 Å². The van der Waals surface area contributed by atoms with Gasteiger partial charge < -0.3 is 10.9 Å². The van der Waals surface area contributed by atoms with Crippen molar-refractivity contribution < 1.29 is 13.6 Å². The number of sulfonamides is 1. The standard InChI is InChI=1S/C8H19N3O3S/c1-4-5-6-15(13,14)11-8(2,3)7(9)10-12/h11-12H,4-6H2,1-3H3,(H2,9,10). The third kappa shape index (κ3) is 4.98. The van der Waals surface area contributed by atoms with E-state index >= 15 is 0 Å². The number of nitrogens with two attached hydrogens (primary N) is 1. The minimum Gasteiger partial charge on any atom is -0.409 e. The zero-order chi connectivity index (χ0) is 12.1. The molecule has 0 unspecified atom stereocenters. The predicted molar refractivity (Wildman–Crippen MR) is 59.3 cm³/mol. The van der Waals surface area contributed by atoms with Crippen LogP contribution in [0, 0.1) is 0 Å². The van der Waals surface area contributed by atoms with E-state index in [9.17, 15) is 8.42 Å². The molecular weight excluding hydrogens is 218 g/mol. The van der Waals surface area contributed by atoms with Gasteiger partial charge in [-0.25, -0.2) is 13.1 Å². The van der Waals surface area contributed by atoms with Crippen LogP contribution in [0.3, 0.4) is 0 Å². The zero-order valence-electron chi connectivity index (χ0n) is 9.32. The van der Waals surface area contributed by atoms with Crippen LogP contribution in [0.5, 0.6) is 0 Å². The van der Waals surface area contributed by atoms with Gasteiger partial charge >= 0.3 is 0 Å². The first-order valence-corrected chi connectivity index (χ1v) is 6.40. The number of oxime groups is 1. The molecular formula is C8H19N3O3S. The summed E-state index contributed by atoms with van der Waals surface area (Å²) in [6.07, 6.45) is 1.38. The molecule has 0 aliphatic rings. The van der Waals surface area contributed by atoms with Gasteiger partial charge in [-0.05, 0) is 20.3 Å². The van der Waals surface area contributed by atoms with Crippen molar-refractivity contribution in [3.05, 3.63) is 0 Å². The maximum absolute atomic E-state index is 11.5. The van der Waals surface area contributed by atoms with Crippen LogP contribution in [0.15, 0.2) is 5.16 Å². The Bertz CT molecular complexity index is 322. The maximum Gasteiger partial charge on any atom is 0.212 e. The highest BCUT2D eigenvalue weighted by atomic mass is 32.2. The van der Waals surface area contributed by atoms with E-state index < -0.39 is 15.6 Å². The van der Waals surface area contributed by atoms with Crippen molar-refractivity contribution in [2.75, 3.05) is 5.75 Å². The molecule has 0 amide bonds. The van der Waals surface area contributed by atoms with Crippen molar-refractivity contribution in [3.63, 3.8) is 0 Å². The lowest BCUT2D eigenvalue weighted by molar-refractivity contribution is 0.312. The summed E-state index contributed by atoms with van der Waals surface area (Å²) < 4.78 is 25.4. The van der Waals surface area contributed by atoms with Gasteiger partial charge in [0.25, 0.3) is 0 Å². The Kier molecular flexibility index (Phi) is 5.02. The van der Waals surface area contributed by atoms with Gasteiger partial charge in [0.2, 0.25) is 10.0 Å². The van der Waals surface area contributed by atoms with E-state index in [-0.39, 0.29) is 11.6 Å². The Hall–Kier alpha value is -0.820. The summed E-state index contributed by atoms with van der Waals surface area (Å²) in [4.78, 5) is 0. The molecule has 15 heavy (non-hydrogen) atoms. The number of rotatable bonds is 6. The number of amidine groups is 1. The molecule has 0 aliphatic carbocycles. The first kappa shape index (κ1) is 14.2. The van der Waals surface area contributed by atoms with Crippen molar-refractivity contribution in [1.82, 2.24) is 4.72 Å². The van der Waals surface area contributed by atoms with Gasteiger partial charge in [-0.1, -0.05) is 18.5 Å². The van der Waals surface area contributed by atoms with Crippen LogP contribution >= 0.6 is 0 Å². The number of hydrogen-bond donors (Lipinski definition) is 3. The van der Waals surface area contributed by atoms with Gasteiger partial charge in [0.05, 0.1) is 11.3 Å². The molecule has 4 N–H and O–H groups in total. The van der Waals surface area contributed by atoms with E-state index in [1.807, 2.05) is 6.92 Å². The molecule has 0 atom stereocenters. The molecule has 0 aromatic carbocycles. The van der Waals surface area contributed by atoms with E-state index in [0.29, 0.717) is 6.42 Å². The molecule has 0 saturated heterocycles. The normalized spacial score (nSPS) is 14.2. The van der Waals surface area contributed by atoms with Crippen LogP contribution in [0.4, 0.5) is 0 Å². The van der Waals surface area contributed by atoms with Crippen molar-refractivity contribution >= 4 is 15.9 Å². The first-order valence-electron chi connectivity index (χ1n) is 4.75. The fourth-order valence-corrected chi connectivity index (χ4v) is 2.60. The maximum atomic E-state index is 11.5. The Morgan fingerprint density at radius 1 is 1.53 bits per heavy atom. The predicted octanol–water partition coefficient (Wildman–Crippen LogP) is 0.231. The highest BCUT2D eigenvalue weighted by molar-refractivity contribution is 7.89. The van der Waals surface area contributed by atoms with Crippen LogP contribution < -0.4 is 10.5 Å². The van der Waals surface area contributed by atoms with Crippen molar-refractivity contribution in [2.45, 2.75) is 39.2 Å². The first-order chi connectivity index (χ1) is 6.75. The van der Waals surface area contributed by atoms with E-state index in [1.54, 1.807) is 0 Å². The Balaban J connectivity index is 4.58. The van der Waals surface area contributed by atoms with Crippen LogP contribution in [0.2, 0.25) is 0 Å². The molecule has 0 aliphatic heterocycles. The Morgan fingerprint density at radius 3 is 2.47 bits per heavy atom. The lowest BCUT2D eigenvalue weighted by atomic mass is 10.1. The molecule has 7 heteroatoms. The summed E-state index contributed by atoms with van der Waals surface area (Å²) in [6.45, 7) is 4.97. The van der Waals surface area contributed by atoms with Gasteiger partial charge in [0.1, 0.15) is 0 Å². The molecule has 0 fully saturated rings. The lowest BCUT2D eigenvalue weighted by Crippen LogP contribution is -2.53. The largest absolute Gasteiger partial charge is 0.409 e. The number of hydrogen-bond acceptors (Lipinski definition) is 4. The summed E-state index contributed by atoms with van der Waals surface area (Å²) >= 11 is 0. The fraction of sp³-hybridized carbons (Fsp3) is 0.875. The van der Waals surface area contributed by atoms with E-state index in [0.717, 1.165) is 6.42 Å². The van der Waals surface area contributed by atoms with Crippen molar-refractivity contribution in [2.24, 2.45) is 10.9 Å². The Labute approximate surface area is 90.6 Å². The van der Waals surface area contributed by atoms with Gasteiger partial charge in [-0.15, -0.1) is 0 Å². The van der Waals surface area contributed by atoms with Gasteiger partial charge in [-0.3, -0.25) is 0 Å². The average Bonchev–Trinajstić information content (AvgIpc) is 2.11. The van der Waals surface area contributed by atoms with Crippen molar-refractivity contribution in [3.8, 4) is 0 Å². The summed E-state index contributed by atoms with van der Waals surface area (Å²) in [5, 5.41) is 11.3. The molecule has 0 heterocycles. The van der Waals surface area contributed by atoms with Gasteiger partial charge in [0.15, 0.2) is 5.84 Å². The van der Waals surface area contributed by atoms with Crippen LogP contribution in [-0.2, 0) is 10.0 Å². The SMILES string of the molecule is CCCCS(=O)(=O)NC(C)(C)/C(N)=N/O. The zero-order valence-corrected chi connectivity index (χ0v) is 10.1. The second-order valence-corrected chi connectivity index (χ2v) is 5.73. The Morgan fingerprint density at radius 2 is 2.07 bits per heavy atom. The monoisotopic (exact) mass is 237 g/mol. The average molecular weight is 237 g/mol. The third-order valence-corrected chi connectivity index (χ3v) is 3.57. The number of unbranched alkanes of at least 4 members (excludes halogenated alkanes) is 1. The molecule has 0 aromatic rings. The van der Waals surface area contributed by atoms with E-state index in [2.05, 4.69) is 9.88 Å². The van der Waals surface area contributed by atoms with Crippen LogP contribution in [-0.4, -0.2) is 30.8 Å². The topological polar surface area (TPSA) is 105 Å². The molecule has 0 radical (unpaired) electrons.